The summed E-state index contributed by atoms with van der Waals surface area (Å²) in [4.78, 5) is 28.6. The summed E-state index contributed by atoms with van der Waals surface area (Å²) in [5.41, 5.74) is 2.27. The summed E-state index contributed by atoms with van der Waals surface area (Å²) in [6.45, 7) is 7.73. The Morgan fingerprint density at radius 1 is 1.24 bits per heavy atom. The molecule has 0 spiro atoms. The number of hydrogen-bond acceptors (Lipinski definition) is 7. The van der Waals surface area contributed by atoms with Crippen molar-refractivity contribution in [2.45, 2.75) is 70.9 Å². The van der Waals surface area contributed by atoms with Crippen molar-refractivity contribution in [2.75, 3.05) is 18.0 Å². The normalized spacial score (nSPS) is 18.6. The molecule has 0 radical (unpaired) electrons. The molecule has 9 heteroatoms. The maximum Gasteiger partial charge on any atom is 0.319 e. The summed E-state index contributed by atoms with van der Waals surface area (Å²) in [6.07, 6.45) is 6.93. The zero-order chi connectivity index (χ0) is 23.7. The van der Waals surface area contributed by atoms with E-state index in [0.717, 1.165) is 54.9 Å². The first kappa shape index (κ1) is 22.6. The van der Waals surface area contributed by atoms with Crippen LogP contribution in [0.4, 0.5) is 5.82 Å². The molecule has 9 nitrogen and oxygen atoms in total. The molecule has 5 rings (SSSR count). The molecule has 1 aliphatic carbocycles. The Kier molecular flexibility index (Phi) is 6.34. The summed E-state index contributed by atoms with van der Waals surface area (Å²) in [5, 5.41) is 11.7. The summed E-state index contributed by atoms with van der Waals surface area (Å²) in [6, 6.07) is 6.19. The number of aromatic amines is 1. The highest BCUT2D eigenvalue weighted by molar-refractivity contribution is 5.93. The SMILES string of the molecule is CC[C@@H](C)NC(=O)c1cc(N2CCC(c3n[nH]c4ncccc34)CC2)nc(O[C@@H](C)C2CC2)n1. The Morgan fingerprint density at radius 3 is 2.76 bits per heavy atom. The van der Waals surface area contributed by atoms with E-state index in [1.165, 1.54) is 12.8 Å². The van der Waals surface area contributed by atoms with E-state index in [-0.39, 0.29) is 24.1 Å². The van der Waals surface area contributed by atoms with E-state index < -0.39 is 0 Å². The minimum atomic E-state index is -0.188. The average molecular weight is 464 g/mol. The van der Waals surface area contributed by atoms with Crippen molar-refractivity contribution in [3.05, 3.63) is 35.8 Å². The Labute approximate surface area is 199 Å². The molecule has 2 N–H and O–H groups in total. The van der Waals surface area contributed by atoms with E-state index in [1.54, 1.807) is 12.3 Å². The van der Waals surface area contributed by atoms with Crippen LogP contribution < -0.4 is 15.0 Å². The number of amides is 1. The van der Waals surface area contributed by atoms with Crippen molar-refractivity contribution < 1.29 is 9.53 Å². The second-order valence-electron chi connectivity index (χ2n) is 9.61. The highest BCUT2D eigenvalue weighted by atomic mass is 16.5. The second kappa shape index (κ2) is 9.56. The Hall–Kier alpha value is -3.23. The van der Waals surface area contributed by atoms with Gasteiger partial charge in [-0.05, 0) is 64.0 Å². The lowest BCUT2D eigenvalue weighted by Crippen LogP contribution is -2.35. The van der Waals surface area contributed by atoms with Crippen LogP contribution in [0, 0.1) is 5.92 Å². The molecular weight excluding hydrogens is 430 g/mol. The number of fused-ring (bicyclic) bond motifs is 1. The van der Waals surface area contributed by atoms with Crippen LogP contribution in [-0.2, 0) is 0 Å². The highest BCUT2D eigenvalue weighted by Gasteiger charge is 2.31. The number of ether oxygens (including phenoxy) is 1. The summed E-state index contributed by atoms with van der Waals surface area (Å²) < 4.78 is 6.07. The summed E-state index contributed by atoms with van der Waals surface area (Å²) in [5.74, 6) is 1.47. The first-order valence-corrected chi connectivity index (χ1v) is 12.4. The lowest BCUT2D eigenvalue weighted by molar-refractivity contribution is 0.0931. The minimum absolute atomic E-state index is 0.0491. The maximum atomic E-state index is 12.9. The predicted octanol–water partition coefficient (Wildman–Crippen LogP) is 3.84. The van der Waals surface area contributed by atoms with Gasteiger partial charge in [-0.15, -0.1) is 0 Å². The van der Waals surface area contributed by atoms with Gasteiger partial charge in [0.15, 0.2) is 5.65 Å². The first-order chi connectivity index (χ1) is 16.5. The van der Waals surface area contributed by atoms with Gasteiger partial charge in [0, 0.05) is 42.7 Å². The van der Waals surface area contributed by atoms with Crippen molar-refractivity contribution in [1.82, 2.24) is 30.5 Å². The predicted molar refractivity (Wildman–Crippen MR) is 130 cm³/mol. The fourth-order valence-electron chi connectivity index (χ4n) is 4.54. The molecule has 2 fully saturated rings. The molecule has 4 heterocycles. The van der Waals surface area contributed by atoms with Gasteiger partial charge in [-0.2, -0.15) is 15.1 Å². The van der Waals surface area contributed by atoms with E-state index in [0.29, 0.717) is 17.5 Å². The van der Waals surface area contributed by atoms with Crippen LogP contribution in [0.15, 0.2) is 24.4 Å². The molecule has 34 heavy (non-hydrogen) atoms. The van der Waals surface area contributed by atoms with Crippen LogP contribution in [0.25, 0.3) is 11.0 Å². The molecule has 180 valence electrons. The number of nitrogens with zero attached hydrogens (tertiary/aromatic N) is 5. The van der Waals surface area contributed by atoms with Crippen molar-refractivity contribution >= 4 is 22.8 Å². The monoisotopic (exact) mass is 463 g/mol. The van der Waals surface area contributed by atoms with Gasteiger partial charge in [0.2, 0.25) is 0 Å². The van der Waals surface area contributed by atoms with Gasteiger partial charge in [-0.25, -0.2) is 4.98 Å². The number of carbonyl (C=O) groups excluding carboxylic acids is 1. The number of H-pyrrole nitrogens is 1. The van der Waals surface area contributed by atoms with Crippen LogP contribution >= 0.6 is 0 Å². The molecule has 1 saturated heterocycles. The number of carbonyl (C=O) groups is 1. The second-order valence-corrected chi connectivity index (χ2v) is 9.61. The molecule has 0 aromatic carbocycles. The van der Waals surface area contributed by atoms with E-state index in [1.807, 2.05) is 19.9 Å². The first-order valence-electron chi connectivity index (χ1n) is 12.4. The van der Waals surface area contributed by atoms with Crippen LogP contribution in [0.1, 0.15) is 75.0 Å². The van der Waals surface area contributed by atoms with Gasteiger partial charge in [0.1, 0.15) is 17.6 Å². The Bertz CT molecular complexity index is 1150. The quantitative estimate of drug-likeness (QED) is 0.522. The Morgan fingerprint density at radius 2 is 2.03 bits per heavy atom. The van der Waals surface area contributed by atoms with Crippen molar-refractivity contribution in [3.63, 3.8) is 0 Å². The van der Waals surface area contributed by atoms with E-state index in [2.05, 4.69) is 43.4 Å². The summed E-state index contributed by atoms with van der Waals surface area (Å²) in [7, 11) is 0. The standard InChI is InChI=1S/C25H33N7O2/c1-4-15(2)27-24(33)20-14-21(29-25(28-20)34-16(3)17-7-8-17)32-12-9-18(10-13-32)22-19-6-5-11-26-23(19)31-30-22/h5-6,11,14-18H,4,7-10,12-13H2,1-3H3,(H,27,33)(H,26,30,31)/t15-,16+/m1/s1. The Balaban J connectivity index is 1.34. The third-order valence-electron chi connectivity index (χ3n) is 7.06. The molecule has 2 atom stereocenters. The van der Waals surface area contributed by atoms with Gasteiger partial charge in [-0.1, -0.05) is 6.92 Å². The summed E-state index contributed by atoms with van der Waals surface area (Å²) >= 11 is 0. The van der Waals surface area contributed by atoms with Crippen LogP contribution in [0.3, 0.4) is 0 Å². The lowest BCUT2D eigenvalue weighted by Gasteiger charge is -2.32. The van der Waals surface area contributed by atoms with Crippen LogP contribution in [0.2, 0.25) is 0 Å². The smallest absolute Gasteiger partial charge is 0.319 e. The van der Waals surface area contributed by atoms with E-state index in [4.69, 9.17) is 9.72 Å². The van der Waals surface area contributed by atoms with E-state index >= 15 is 0 Å². The van der Waals surface area contributed by atoms with Gasteiger partial charge in [0.05, 0.1) is 5.69 Å². The molecule has 1 amide bonds. The zero-order valence-corrected chi connectivity index (χ0v) is 20.1. The number of piperidine rings is 1. The van der Waals surface area contributed by atoms with Crippen molar-refractivity contribution in [1.29, 1.82) is 0 Å². The molecular formula is C25H33N7O2. The average Bonchev–Trinajstić information content (AvgIpc) is 3.63. The molecule has 1 aliphatic heterocycles. The topological polar surface area (TPSA) is 109 Å². The van der Waals surface area contributed by atoms with E-state index in [9.17, 15) is 4.79 Å². The number of nitrogens with one attached hydrogen (secondary N) is 2. The highest BCUT2D eigenvalue weighted by Crippen LogP contribution is 2.35. The molecule has 3 aromatic heterocycles. The minimum Gasteiger partial charge on any atom is -0.460 e. The van der Waals surface area contributed by atoms with Gasteiger partial charge < -0.3 is 15.0 Å². The molecule has 0 bridgehead atoms. The van der Waals surface area contributed by atoms with Crippen molar-refractivity contribution in [2.24, 2.45) is 5.92 Å². The van der Waals surface area contributed by atoms with Gasteiger partial charge in [0.25, 0.3) is 5.91 Å². The van der Waals surface area contributed by atoms with Crippen LogP contribution in [-0.4, -0.2) is 56.3 Å². The van der Waals surface area contributed by atoms with Crippen LogP contribution in [0.5, 0.6) is 6.01 Å². The number of aromatic nitrogens is 5. The molecule has 0 unspecified atom stereocenters. The fraction of sp³-hybridized carbons (Fsp3) is 0.560. The number of pyridine rings is 1. The molecule has 1 saturated carbocycles. The van der Waals surface area contributed by atoms with Gasteiger partial charge in [-0.3, -0.25) is 9.89 Å². The molecule has 2 aliphatic rings. The lowest BCUT2D eigenvalue weighted by atomic mass is 9.92. The number of anilines is 1. The molecule has 3 aromatic rings. The maximum absolute atomic E-state index is 12.9. The number of hydrogen-bond donors (Lipinski definition) is 2. The third kappa shape index (κ3) is 4.83. The third-order valence-corrected chi connectivity index (χ3v) is 7.06. The van der Waals surface area contributed by atoms with Gasteiger partial charge >= 0.3 is 6.01 Å². The largest absolute Gasteiger partial charge is 0.460 e. The van der Waals surface area contributed by atoms with Crippen molar-refractivity contribution in [3.8, 4) is 6.01 Å². The zero-order valence-electron chi connectivity index (χ0n) is 20.1. The number of rotatable bonds is 8. The fourth-order valence-corrected chi connectivity index (χ4v) is 4.54.